The van der Waals surface area contributed by atoms with Crippen LogP contribution in [0.3, 0.4) is 0 Å². The highest BCUT2D eigenvalue weighted by atomic mass is 14.7. The molecular weight excluding hydrogens is 172 g/mol. The van der Waals surface area contributed by atoms with Crippen molar-refractivity contribution in [2.75, 3.05) is 0 Å². The lowest BCUT2D eigenvalue weighted by atomic mass is 9.84. The van der Waals surface area contributed by atoms with E-state index in [-0.39, 0.29) is 11.3 Å². The first-order valence-electron chi connectivity index (χ1n) is 4.82. The molecule has 0 spiro atoms. The first-order chi connectivity index (χ1) is 6.42. The van der Waals surface area contributed by atoms with Crippen molar-refractivity contribution in [1.82, 2.24) is 0 Å². The van der Waals surface area contributed by atoms with Gasteiger partial charge in [-0.05, 0) is 18.9 Å². The molecule has 0 saturated heterocycles. The van der Waals surface area contributed by atoms with Crippen molar-refractivity contribution < 1.29 is 0 Å². The van der Waals surface area contributed by atoms with E-state index in [0.717, 1.165) is 6.42 Å². The molecule has 14 heavy (non-hydrogen) atoms. The SMILES string of the molecule is Cc1ccc(CC(C)(C)C(=N)N)cc1. The number of benzene rings is 1. The highest BCUT2D eigenvalue weighted by Gasteiger charge is 2.21. The highest BCUT2D eigenvalue weighted by Crippen LogP contribution is 2.21. The summed E-state index contributed by atoms with van der Waals surface area (Å²) < 4.78 is 0. The van der Waals surface area contributed by atoms with Crippen LogP contribution in [0.2, 0.25) is 0 Å². The second kappa shape index (κ2) is 3.82. The predicted molar refractivity (Wildman–Crippen MR) is 60.6 cm³/mol. The molecule has 1 aromatic rings. The molecule has 0 aliphatic carbocycles. The number of nitrogens with two attached hydrogens (primary N) is 1. The Labute approximate surface area is 85.6 Å². The van der Waals surface area contributed by atoms with E-state index in [1.165, 1.54) is 11.1 Å². The van der Waals surface area contributed by atoms with Crippen LogP contribution in [0.25, 0.3) is 0 Å². The van der Waals surface area contributed by atoms with Crippen LogP contribution in [-0.4, -0.2) is 5.84 Å². The summed E-state index contributed by atoms with van der Waals surface area (Å²) in [5, 5.41) is 7.47. The summed E-state index contributed by atoms with van der Waals surface area (Å²) in [6.07, 6.45) is 0.822. The first-order valence-corrected chi connectivity index (χ1v) is 4.82. The molecule has 0 heterocycles. The van der Waals surface area contributed by atoms with Crippen LogP contribution in [0.1, 0.15) is 25.0 Å². The fourth-order valence-electron chi connectivity index (χ4n) is 1.31. The summed E-state index contributed by atoms with van der Waals surface area (Å²) in [6, 6.07) is 8.37. The Morgan fingerprint density at radius 2 is 1.79 bits per heavy atom. The molecule has 0 atom stereocenters. The van der Waals surface area contributed by atoms with Crippen LogP contribution in [0, 0.1) is 17.7 Å². The average Bonchev–Trinajstić information content (AvgIpc) is 2.08. The van der Waals surface area contributed by atoms with Gasteiger partial charge in [0.05, 0.1) is 5.84 Å². The lowest BCUT2D eigenvalue weighted by Gasteiger charge is -2.22. The molecule has 0 radical (unpaired) electrons. The van der Waals surface area contributed by atoms with Crippen LogP contribution in [-0.2, 0) is 6.42 Å². The molecule has 3 N–H and O–H groups in total. The third kappa shape index (κ3) is 2.59. The van der Waals surface area contributed by atoms with Gasteiger partial charge in [0.1, 0.15) is 0 Å². The molecular formula is C12H18N2. The van der Waals surface area contributed by atoms with Gasteiger partial charge in [-0.2, -0.15) is 0 Å². The van der Waals surface area contributed by atoms with Gasteiger partial charge in [-0.3, -0.25) is 5.41 Å². The maximum atomic E-state index is 7.47. The van der Waals surface area contributed by atoms with Gasteiger partial charge in [0, 0.05) is 5.41 Å². The van der Waals surface area contributed by atoms with E-state index >= 15 is 0 Å². The van der Waals surface area contributed by atoms with Crippen molar-refractivity contribution >= 4 is 5.84 Å². The summed E-state index contributed by atoms with van der Waals surface area (Å²) >= 11 is 0. The quantitative estimate of drug-likeness (QED) is 0.558. The maximum Gasteiger partial charge on any atom is 0.0966 e. The van der Waals surface area contributed by atoms with E-state index in [2.05, 4.69) is 31.2 Å². The zero-order valence-corrected chi connectivity index (χ0v) is 9.09. The number of hydrogen-bond acceptors (Lipinski definition) is 1. The van der Waals surface area contributed by atoms with E-state index in [9.17, 15) is 0 Å². The van der Waals surface area contributed by atoms with Gasteiger partial charge in [0.2, 0.25) is 0 Å². The second-order valence-corrected chi connectivity index (χ2v) is 4.46. The van der Waals surface area contributed by atoms with Crippen molar-refractivity contribution in [3.8, 4) is 0 Å². The zero-order chi connectivity index (χ0) is 10.8. The number of amidine groups is 1. The number of hydrogen-bond donors (Lipinski definition) is 2. The predicted octanol–water partition coefficient (Wildman–Crippen LogP) is 2.50. The van der Waals surface area contributed by atoms with Crippen LogP contribution in [0.15, 0.2) is 24.3 Å². The largest absolute Gasteiger partial charge is 0.387 e. The van der Waals surface area contributed by atoms with E-state index in [4.69, 9.17) is 11.1 Å². The van der Waals surface area contributed by atoms with Gasteiger partial charge in [0.15, 0.2) is 0 Å². The Hall–Kier alpha value is -1.31. The topological polar surface area (TPSA) is 49.9 Å². The van der Waals surface area contributed by atoms with E-state index in [0.29, 0.717) is 0 Å². The van der Waals surface area contributed by atoms with E-state index in [1.54, 1.807) is 0 Å². The molecule has 0 saturated carbocycles. The zero-order valence-electron chi connectivity index (χ0n) is 9.09. The van der Waals surface area contributed by atoms with Gasteiger partial charge in [-0.1, -0.05) is 43.7 Å². The lowest BCUT2D eigenvalue weighted by molar-refractivity contribution is 0.511. The molecule has 2 nitrogen and oxygen atoms in total. The molecule has 0 aliphatic rings. The van der Waals surface area contributed by atoms with Gasteiger partial charge >= 0.3 is 0 Å². The van der Waals surface area contributed by atoms with Gasteiger partial charge in [-0.25, -0.2) is 0 Å². The minimum absolute atomic E-state index is 0.241. The fraction of sp³-hybridized carbons (Fsp3) is 0.417. The molecule has 0 amide bonds. The molecule has 2 heteroatoms. The minimum atomic E-state index is -0.241. The number of rotatable bonds is 3. The Balaban J connectivity index is 2.79. The van der Waals surface area contributed by atoms with Crippen molar-refractivity contribution in [2.45, 2.75) is 27.2 Å². The number of nitrogens with one attached hydrogen (secondary N) is 1. The molecule has 0 unspecified atom stereocenters. The van der Waals surface area contributed by atoms with Crippen molar-refractivity contribution in [1.29, 1.82) is 5.41 Å². The summed E-state index contributed by atoms with van der Waals surface area (Å²) in [5.74, 6) is 0.248. The third-order valence-corrected chi connectivity index (χ3v) is 2.50. The minimum Gasteiger partial charge on any atom is -0.387 e. The van der Waals surface area contributed by atoms with Gasteiger partial charge < -0.3 is 5.73 Å². The second-order valence-electron chi connectivity index (χ2n) is 4.46. The summed E-state index contributed by atoms with van der Waals surface area (Å²) in [4.78, 5) is 0. The Morgan fingerprint density at radius 3 is 2.21 bits per heavy atom. The van der Waals surface area contributed by atoms with Crippen molar-refractivity contribution in [2.24, 2.45) is 11.1 Å². The smallest absolute Gasteiger partial charge is 0.0966 e. The lowest BCUT2D eigenvalue weighted by Crippen LogP contribution is -2.32. The Bertz CT molecular complexity index is 323. The molecule has 0 aliphatic heterocycles. The van der Waals surface area contributed by atoms with Crippen molar-refractivity contribution in [3.63, 3.8) is 0 Å². The normalized spacial score (nSPS) is 11.4. The Kier molecular flexibility index (Phi) is 2.94. The summed E-state index contributed by atoms with van der Waals surface area (Å²) in [7, 11) is 0. The fourth-order valence-corrected chi connectivity index (χ4v) is 1.31. The summed E-state index contributed by atoms with van der Waals surface area (Å²) in [6.45, 7) is 6.06. The maximum absolute atomic E-state index is 7.47. The van der Waals surface area contributed by atoms with Crippen LogP contribution in [0.4, 0.5) is 0 Å². The molecule has 0 fully saturated rings. The molecule has 1 aromatic carbocycles. The van der Waals surface area contributed by atoms with E-state index in [1.807, 2.05) is 13.8 Å². The monoisotopic (exact) mass is 190 g/mol. The third-order valence-electron chi connectivity index (χ3n) is 2.50. The summed E-state index contributed by atoms with van der Waals surface area (Å²) in [5.41, 5.74) is 7.78. The Morgan fingerprint density at radius 1 is 1.29 bits per heavy atom. The standard InChI is InChI=1S/C12H18N2/c1-9-4-6-10(7-5-9)8-12(2,3)11(13)14/h4-7H,8H2,1-3H3,(H3,13,14). The van der Waals surface area contributed by atoms with Gasteiger partial charge in [0.25, 0.3) is 0 Å². The van der Waals surface area contributed by atoms with Gasteiger partial charge in [-0.15, -0.1) is 0 Å². The molecule has 1 rings (SSSR count). The molecule has 0 aromatic heterocycles. The van der Waals surface area contributed by atoms with Crippen LogP contribution < -0.4 is 5.73 Å². The van der Waals surface area contributed by atoms with Crippen molar-refractivity contribution in [3.05, 3.63) is 35.4 Å². The van der Waals surface area contributed by atoms with Crippen LogP contribution in [0.5, 0.6) is 0 Å². The highest BCUT2D eigenvalue weighted by molar-refractivity contribution is 5.83. The number of aryl methyl sites for hydroxylation is 1. The average molecular weight is 190 g/mol. The van der Waals surface area contributed by atoms with E-state index < -0.39 is 0 Å². The van der Waals surface area contributed by atoms with Crippen LogP contribution >= 0.6 is 0 Å². The molecule has 76 valence electrons. The molecule has 0 bridgehead atoms. The first kappa shape index (κ1) is 10.8.